The summed E-state index contributed by atoms with van der Waals surface area (Å²) in [5, 5.41) is 28.9. The van der Waals surface area contributed by atoms with Crippen LogP contribution in [0.2, 0.25) is 0 Å². The van der Waals surface area contributed by atoms with E-state index in [-0.39, 0.29) is 41.0 Å². The molecule has 1 heterocycles. The van der Waals surface area contributed by atoms with Gasteiger partial charge in [-0.05, 0) is 6.07 Å². The van der Waals surface area contributed by atoms with Gasteiger partial charge >= 0.3 is 0 Å². The number of hydrogen-bond donors (Lipinski definition) is 3. The molecule has 6 nitrogen and oxygen atoms in total. The van der Waals surface area contributed by atoms with E-state index in [1.807, 2.05) is 0 Å². The summed E-state index contributed by atoms with van der Waals surface area (Å²) in [6.45, 7) is 0.0515. The number of Topliss-reactive ketones (excluding diaryl/α,β-unsaturated/α-hetero) is 1. The molecule has 3 N–H and O–H groups in total. The zero-order valence-electron chi connectivity index (χ0n) is 11.7. The number of benzene rings is 2. The first-order valence-electron chi connectivity index (χ1n) is 6.61. The molecule has 1 atom stereocenters. The maximum Gasteiger partial charge on any atom is 0.181 e. The molecule has 0 saturated heterocycles. The third kappa shape index (κ3) is 2.18. The molecule has 1 aliphatic rings. The Morgan fingerprint density at radius 2 is 1.91 bits per heavy atom. The number of ether oxygens (including phenoxy) is 2. The van der Waals surface area contributed by atoms with E-state index >= 15 is 0 Å². The number of phenolic OH excluding ortho intramolecular Hbond substituents is 3. The van der Waals surface area contributed by atoms with Crippen molar-refractivity contribution in [3.8, 4) is 28.7 Å². The maximum atomic E-state index is 12.7. The Morgan fingerprint density at radius 1 is 1.14 bits per heavy atom. The fourth-order valence-corrected chi connectivity index (χ4v) is 2.59. The van der Waals surface area contributed by atoms with Crippen LogP contribution >= 0.6 is 0 Å². The second kappa shape index (κ2) is 5.14. The van der Waals surface area contributed by atoms with Crippen molar-refractivity contribution in [1.29, 1.82) is 0 Å². The summed E-state index contributed by atoms with van der Waals surface area (Å²) in [7, 11) is 1.44. The zero-order valence-corrected chi connectivity index (χ0v) is 11.7. The van der Waals surface area contributed by atoms with Gasteiger partial charge in [0.1, 0.15) is 40.9 Å². The number of phenols is 3. The van der Waals surface area contributed by atoms with Crippen LogP contribution in [0.25, 0.3) is 0 Å². The standard InChI is InChI=1S/C16H14O6/c1-21-13-5-8(17)2-3-10(13)11-7-22-14-6-9(18)4-12(19)15(14)16(11)20/h2-6,11,17-19H,7H2,1H3/t11-/m0/s1. The van der Waals surface area contributed by atoms with Crippen molar-refractivity contribution in [2.45, 2.75) is 5.92 Å². The number of rotatable bonds is 2. The molecule has 0 unspecified atom stereocenters. The van der Waals surface area contributed by atoms with E-state index in [4.69, 9.17) is 9.47 Å². The molecule has 0 bridgehead atoms. The van der Waals surface area contributed by atoms with Crippen LogP contribution in [0.4, 0.5) is 0 Å². The molecule has 114 valence electrons. The highest BCUT2D eigenvalue weighted by Crippen LogP contribution is 2.42. The molecule has 6 heteroatoms. The summed E-state index contributed by atoms with van der Waals surface area (Å²) < 4.78 is 10.7. The van der Waals surface area contributed by atoms with E-state index in [1.54, 1.807) is 6.07 Å². The van der Waals surface area contributed by atoms with E-state index in [2.05, 4.69) is 0 Å². The molecule has 0 aliphatic carbocycles. The van der Waals surface area contributed by atoms with Gasteiger partial charge in [-0.25, -0.2) is 0 Å². The van der Waals surface area contributed by atoms with E-state index in [9.17, 15) is 20.1 Å². The number of ketones is 1. The Labute approximate surface area is 126 Å². The smallest absolute Gasteiger partial charge is 0.181 e. The molecule has 0 spiro atoms. The average molecular weight is 302 g/mol. The van der Waals surface area contributed by atoms with Crippen LogP contribution in [0.15, 0.2) is 30.3 Å². The molecule has 0 amide bonds. The van der Waals surface area contributed by atoms with E-state index in [0.717, 1.165) is 6.07 Å². The lowest BCUT2D eigenvalue weighted by Gasteiger charge is -2.26. The van der Waals surface area contributed by atoms with Crippen LogP contribution in [0.3, 0.4) is 0 Å². The predicted molar refractivity (Wildman–Crippen MR) is 77.0 cm³/mol. The molecule has 0 fully saturated rings. The lowest BCUT2D eigenvalue weighted by Crippen LogP contribution is -2.26. The molecule has 2 aromatic carbocycles. The number of carbonyl (C=O) groups excluding carboxylic acids is 1. The van der Waals surface area contributed by atoms with Gasteiger partial charge < -0.3 is 24.8 Å². The van der Waals surface area contributed by atoms with Crippen molar-refractivity contribution in [2.75, 3.05) is 13.7 Å². The van der Waals surface area contributed by atoms with E-state index < -0.39 is 5.92 Å². The first-order valence-corrected chi connectivity index (χ1v) is 6.61. The number of fused-ring (bicyclic) bond motifs is 1. The molecule has 3 rings (SSSR count). The Balaban J connectivity index is 2.07. The summed E-state index contributed by atoms with van der Waals surface area (Å²) in [6, 6.07) is 6.84. The topological polar surface area (TPSA) is 96.2 Å². The van der Waals surface area contributed by atoms with Gasteiger partial charge in [-0.1, -0.05) is 6.07 Å². The van der Waals surface area contributed by atoms with Gasteiger partial charge in [-0.2, -0.15) is 0 Å². The van der Waals surface area contributed by atoms with E-state index in [0.29, 0.717) is 11.3 Å². The minimum absolute atomic E-state index is 0.0259. The van der Waals surface area contributed by atoms with Gasteiger partial charge in [0.2, 0.25) is 0 Å². The molecule has 1 aliphatic heterocycles. The lowest BCUT2D eigenvalue weighted by molar-refractivity contribution is 0.0890. The SMILES string of the molecule is COc1cc(O)ccc1[C@@H]1COc2cc(O)cc(O)c2C1=O. The monoisotopic (exact) mass is 302 g/mol. The van der Waals surface area contributed by atoms with Crippen molar-refractivity contribution in [3.05, 3.63) is 41.5 Å². The summed E-state index contributed by atoms with van der Waals surface area (Å²) in [6.07, 6.45) is 0. The molecule has 0 radical (unpaired) electrons. The van der Waals surface area contributed by atoms with Crippen LogP contribution in [0, 0.1) is 0 Å². The number of carbonyl (C=O) groups is 1. The van der Waals surface area contributed by atoms with Gasteiger partial charge in [0, 0.05) is 23.8 Å². The second-order valence-electron chi connectivity index (χ2n) is 4.99. The van der Waals surface area contributed by atoms with Crippen LogP contribution in [-0.4, -0.2) is 34.8 Å². The number of hydrogen-bond acceptors (Lipinski definition) is 6. The Bertz CT molecular complexity index is 753. The van der Waals surface area contributed by atoms with Crippen molar-refractivity contribution in [2.24, 2.45) is 0 Å². The van der Waals surface area contributed by atoms with Gasteiger partial charge in [0.05, 0.1) is 13.0 Å². The molecule has 2 aromatic rings. The second-order valence-corrected chi connectivity index (χ2v) is 4.99. The van der Waals surface area contributed by atoms with Crippen LogP contribution < -0.4 is 9.47 Å². The highest BCUT2D eigenvalue weighted by atomic mass is 16.5. The highest BCUT2D eigenvalue weighted by molar-refractivity contribution is 6.06. The predicted octanol–water partition coefficient (Wildman–Crippen LogP) is 2.17. The molecule has 0 saturated carbocycles. The quantitative estimate of drug-likeness (QED) is 0.787. The Morgan fingerprint density at radius 3 is 2.64 bits per heavy atom. The van der Waals surface area contributed by atoms with E-state index in [1.165, 1.54) is 25.3 Å². The van der Waals surface area contributed by atoms with Crippen molar-refractivity contribution >= 4 is 5.78 Å². The highest BCUT2D eigenvalue weighted by Gasteiger charge is 2.34. The first-order chi connectivity index (χ1) is 10.5. The molecular weight excluding hydrogens is 288 g/mol. The van der Waals surface area contributed by atoms with Crippen molar-refractivity contribution in [1.82, 2.24) is 0 Å². The Kier molecular flexibility index (Phi) is 3.29. The Hall–Kier alpha value is -2.89. The largest absolute Gasteiger partial charge is 0.508 e. The fourth-order valence-electron chi connectivity index (χ4n) is 2.59. The van der Waals surface area contributed by atoms with Crippen LogP contribution in [-0.2, 0) is 0 Å². The van der Waals surface area contributed by atoms with Gasteiger partial charge in [0.25, 0.3) is 0 Å². The normalized spacial score (nSPS) is 16.8. The maximum absolute atomic E-state index is 12.7. The molecule has 22 heavy (non-hydrogen) atoms. The summed E-state index contributed by atoms with van der Waals surface area (Å²) in [5.41, 5.74) is 0.590. The summed E-state index contributed by atoms with van der Waals surface area (Å²) in [5.74, 6) is -0.966. The van der Waals surface area contributed by atoms with Crippen molar-refractivity contribution in [3.63, 3.8) is 0 Å². The third-order valence-corrected chi connectivity index (χ3v) is 3.63. The molecule has 0 aromatic heterocycles. The number of aromatic hydroxyl groups is 3. The van der Waals surface area contributed by atoms with Crippen LogP contribution in [0.1, 0.15) is 21.8 Å². The fraction of sp³-hybridized carbons (Fsp3) is 0.188. The minimum Gasteiger partial charge on any atom is -0.508 e. The van der Waals surface area contributed by atoms with Crippen molar-refractivity contribution < 1.29 is 29.6 Å². The van der Waals surface area contributed by atoms with Gasteiger partial charge in [-0.15, -0.1) is 0 Å². The average Bonchev–Trinajstić information content (AvgIpc) is 2.47. The lowest BCUT2D eigenvalue weighted by atomic mass is 9.88. The van der Waals surface area contributed by atoms with Gasteiger partial charge in [0.15, 0.2) is 5.78 Å². The number of methoxy groups -OCH3 is 1. The van der Waals surface area contributed by atoms with Gasteiger partial charge in [-0.3, -0.25) is 4.79 Å². The minimum atomic E-state index is -0.668. The third-order valence-electron chi connectivity index (χ3n) is 3.63. The molecular formula is C16H14O6. The summed E-state index contributed by atoms with van der Waals surface area (Å²) >= 11 is 0. The van der Waals surface area contributed by atoms with Crippen LogP contribution in [0.5, 0.6) is 28.7 Å². The zero-order chi connectivity index (χ0) is 15.9. The summed E-state index contributed by atoms with van der Waals surface area (Å²) in [4.78, 5) is 12.7. The first kappa shape index (κ1) is 14.1.